The average Bonchev–Trinajstić information content (AvgIpc) is 3.06. The Hall–Kier alpha value is -2.43. The molecule has 0 fully saturated rings. The summed E-state index contributed by atoms with van der Waals surface area (Å²) in [7, 11) is 0. The first kappa shape index (κ1) is 14.2. The molecule has 1 aromatic carbocycles. The molecular formula is C18H21N5. The largest absolute Gasteiger partial charge is 0.363 e. The van der Waals surface area contributed by atoms with E-state index in [2.05, 4.69) is 64.6 Å². The van der Waals surface area contributed by atoms with Crippen molar-refractivity contribution in [3.05, 3.63) is 53.5 Å². The minimum absolute atomic E-state index is 0.291. The van der Waals surface area contributed by atoms with Gasteiger partial charge in [-0.05, 0) is 36.3 Å². The smallest absolute Gasteiger partial charge is 0.254 e. The first-order chi connectivity index (χ1) is 11.3. The number of anilines is 1. The van der Waals surface area contributed by atoms with Crippen LogP contribution in [0.25, 0.3) is 5.78 Å². The molecule has 2 heterocycles. The highest BCUT2D eigenvalue weighted by atomic mass is 15.4. The lowest BCUT2D eigenvalue weighted by Gasteiger charge is -2.32. The third-order valence-corrected chi connectivity index (χ3v) is 4.80. The van der Waals surface area contributed by atoms with E-state index >= 15 is 0 Å². The Labute approximate surface area is 135 Å². The maximum atomic E-state index is 4.52. The molecule has 1 N–H and O–H groups in total. The summed E-state index contributed by atoms with van der Waals surface area (Å²) in [6.07, 6.45) is 4.80. The number of fused-ring (bicyclic) bond motifs is 2. The van der Waals surface area contributed by atoms with Crippen LogP contribution in [0, 0.1) is 5.92 Å². The minimum Gasteiger partial charge on any atom is -0.363 e. The van der Waals surface area contributed by atoms with Gasteiger partial charge < -0.3 is 5.32 Å². The van der Waals surface area contributed by atoms with E-state index in [9.17, 15) is 0 Å². The van der Waals surface area contributed by atoms with Crippen molar-refractivity contribution in [2.24, 2.45) is 5.92 Å². The number of nitrogens with one attached hydrogen (secondary N) is 1. The quantitative estimate of drug-likeness (QED) is 0.805. The number of benzene rings is 1. The SMILES string of the molecule is CCc1cc(NC2c3ccccc3CCC2C)n2ncnc2n1. The Bertz CT molecular complexity index is 838. The standard InChI is InChI=1S/C18H21N5/c1-3-14-10-16(23-18(21-14)19-11-20-23)22-17-12(2)8-9-13-6-4-5-7-15(13)17/h4-7,10-12,17,22H,3,8-9H2,1-2H3. The predicted molar refractivity (Wildman–Crippen MR) is 90.5 cm³/mol. The fourth-order valence-electron chi connectivity index (χ4n) is 3.45. The lowest BCUT2D eigenvalue weighted by molar-refractivity contribution is 0.432. The second kappa shape index (κ2) is 5.65. The topological polar surface area (TPSA) is 55.1 Å². The zero-order valence-corrected chi connectivity index (χ0v) is 13.5. The molecule has 0 amide bonds. The van der Waals surface area contributed by atoms with Crippen LogP contribution in [0.5, 0.6) is 0 Å². The van der Waals surface area contributed by atoms with Gasteiger partial charge in [-0.15, -0.1) is 0 Å². The summed E-state index contributed by atoms with van der Waals surface area (Å²) < 4.78 is 1.79. The van der Waals surface area contributed by atoms with Crippen LogP contribution >= 0.6 is 0 Å². The second-order valence-corrected chi connectivity index (χ2v) is 6.29. The first-order valence-electron chi connectivity index (χ1n) is 8.30. The van der Waals surface area contributed by atoms with Gasteiger partial charge in [0, 0.05) is 11.8 Å². The van der Waals surface area contributed by atoms with E-state index in [1.807, 2.05) is 0 Å². The molecule has 1 aliphatic carbocycles. The van der Waals surface area contributed by atoms with Crippen LogP contribution in [0.2, 0.25) is 0 Å². The van der Waals surface area contributed by atoms with Gasteiger partial charge in [-0.1, -0.05) is 38.1 Å². The first-order valence-corrected chi connectivity index (χ1v) is 8.30. The molecule has 0 saturated carbocycles. The highest BCUT2D eigenvalue weighted by molar-refractivity contribution is 5.48. The molecule has 2 atom stereocenters. The molecule has 118 valence electrons. The molecule has 23 heavy (non-hydrogen) atoms. The molecule has 4 rings (SSSR count). The van der Waals surface area contributed by atoms with Gasteiger partial charge in [0.15, 0.2) is 0 Å². The summed E-state index contributed by atoms with van der Waals surface area (Å²) in [5.74, 6) is 2.20. The third kappa shape index (κ3) is 2.46. The minimum atomic E-state index is 0.291. The van der Waals surface area contributed by atoms with E-state index in [-0.39, 0.29) is 0 Å². The van der Waals surface area contributed by atoms with Crippen molar-refractivity contribution in [1.29, 1.82) is 0 Å². The monoisotopic (exact) mass is 307 g/mol. The van der Waals surface area contributed by atoms with Crippen LogP contribution in [0.4, 0.5) is 5.82 Å². The molecule has 0 radical (unpaired) electrons. The van der Waals surface area contributed by atoms with Gasteiger partial charge in [0.05, 0.1) is 6.04 Å². The number of hydrogen-bond donors (Lipinski definition) is 1. The number of aromatic nitrogens is 4. The Kier molecular flexibility index (Phi) is 3.48. The third-order valence-electron chi connectivity index (χ3n) is 4.80. The van der Waals surface area contributed by atoms with Gasteiger partial charge in [-0.25, -0.2) is 4.98 Å². The van der Waals surface area contributed by atoms with Crippen LogP contribution in [0.15, 0.2) is 36.7 Å². The van der Waals surface area contributed by atoms with E-state index in [0.717, 1.165) is 24.4 Å². The number of hydrogen-bond acceptors (Lipinski definition) is 4. The van der Waals surface area contributed by atoms with Gasteiger partial charge in [-0.3, -0.25) is 0 Å². The maximum absolute atomic E-state index is 4.52. The van der Waals surface area contributed by atoms with Gasteiger partial charge in [0.1, 0.15) is 12.1 Å². The van der Waals surface area contributed by atoms with Crippen LogP contribution in [-0.4, -0.2) is 19.6 Å². The highest BCUT2D eigenvalue weighted by Crippen LogP contribution is 2.36. The van der Waals surface area contributed by atoms with Gasteiger partial charge in [0.25, 0.3) is 5.78 Å². The number of aryl methyl sites for hydroxylation is 2. The molecule has 5 nitrogen and oxygen atoms in total. The lowest BCUT2D eigenvalue weighted by atomic mass is 9.81. The molecule has 0 aliphatic heterocycles. The molecule has 0 bridgehead atoms. The van der Waals surface area contributed by atoms with Crippen molar-refractivity contribution in [2.75, 3.05) is 5.32 Å². The molecule has 0 saturated heterocycles. The van der Waals surface area contributed by atoms with Gasteiger partial charge in [-0.2, -0.15) is 14.6 Å². The zero-order valence-electron chi connectivity index (χ0n) is 13.5. The summed E-state index contributed by atoms with van der Waals surface area (Å²) in [6.45, 7) is 4.42. The highest BCUT2D eigenvalue weighted by Gasteiger charge is 2.27. The van der Waals surface area contributed by atoms with E-state index in [4.69, 9.17) is 0 Å². The van der Waals surface area contributed by atoms with Crippen molar-refractivity contribution >= 4 is 11.6 Å². The van der Waals surface area contributed by atoms with E-state index < -0.39 is 0 Å². The van der Waals surface area contributed by atoms with Crippen molar-refractivity contribution in [1.82, 2.24) is 19.6 Å². The molecular weight excluding hydrogens is 286 g/mol. The van der Waals surface area contributed by atoms with Crippen molar-refractivity contribution < 1.29 is 0 Å². The zero-order chi connectivity index (χ0) is 15.8. The van der Waals surface area contributed by atoms with E-state index in [1.54, 1.807) is 10.8 Å². The Balaban J connectivity index is 1.77. The average molecular weight is 307 g/mol. The van der Waals surface area contributed by atoms with Crippen molar-refractivity contribution in [3.63, 3.8) is 0 Å². The van der Waals surface area contributed by atoms with Crippen LogP contribution in [0.1, 0.15) is 43.1 Å². The second-order valence-electron chi connectivity index (χ2n) is 6.29. The van der Waals surface area contributed by atoms with E-state index in [0.29, 0.717) is 17.7 Å². The lowest BCUT2D eigenvalue weighted by Crippen LogP contribution is -2.26. The number of rotatable bonds is 3. The molecule has 2 unspecified atom stereocenters. The van der Waals surface area contributed by atoms with Crippen molar-refractivity contribution in [3.8, 4) is 0 Å². The molecule has 5 heteroatoms. The van der Waals surface area contributed by atoms with Crippen molar-refractivity contribution in [2.45, 2.75) is 39.2 Å². The van der Waals surface area contributed by atoms with Crippen LogP contribution in [0.3, 0.4) is 0 Å². The fourth-order valence-corrected chi connectivity index (χ4v) is 3.45. The Morgan fingerprint density at radius 3 is 3.04 bits per heavy atom. The molecule has 0 spiro atoms. The summed E-state index contributed by atoms with van der Waals surface area (Å²) in [5.41, 5.74) is 3.88. The normalized spacial score (nSPS) is 20.4. The molecule has 2 aromatic heterocycles. The Morgan fingerprint density at radius 1 is 1.30 bits per heavy atom. The van der Waals surface area contributed by atoms with Gasteiger partial charge >= 0.3 is 0 Å². The summed E-state index contributed by atoms with van der Waals surface area (Å²) >= 11 is 0. The molecule has 1 aliphatic rings. The summed E-state index contributed by atoms with van der Waals surface area (Å²) in [4.78, 5) is 8.77. The van der Waals surface area contributed by atoms with E-state index in [1.165, 1.54) is 17.5 Å². The Morgan fingerprint density at radius 2 is 2.17 bits per heavy atom. The fraction of sp³-hybridized carbons (Fsp3) is 0.389. The summed E-state index contributed by atoms with van der Waals surface area (Å²) in [6, 6.07) is 11.1. The maximum Gasteiger partial charge on any atom is 0.254 e. The van der Waals surface area contributed by atoms with Crippen LogP contribution in [-0.2, 0) is 12.8 Å². The number of nitrogens with zero attached hydrogens (tertiary/aromatic N) is 4. The predicted octanol–water partition coefficient (Wildman–Crippen LogP) is 3.42. The summed E-state index contributed by atoms with van der Waals surface area (Å²) in [5, 5.41) is 8.03. The molecule has 3 aromatic rings. The van der Waals surface area contributed by atoms with Crippen LogP contribution < -0.4 is 5.32 Å². The van der Waals surface area contributed by atoms with Gasteiger partial charge in [0.2, 0.25) is 0 Å².